The van der Waals surface area contributed by atoms with Crippen molar-refractivity contribution in [3.8, 4) is 5.69 Å². The van der Waals surface area contributed by atoms with Crippen LogP contribution in [-0.4, -0.2) is 38.7 Å². The number of hydrogen-bond acceptors (Lipinski definition) is 4. The van der Waals surface area contributed by atoms with Crippen LogP contribution in [0.25, 0.3) is 5.69 Å². The summed E-state index contributed by atoms with van der Waals surface area (Å²) >= 11 is 0. The van der Waals surface area contributed by atoms with Crippen LogP contribution >= 0.6 is 0 Å². The van der Waals surface area contributed by atoms with Gasteiger partial charge in [0.15, 0.2) is 5.69 Å². The number of carbonyl (C=O) groups is 3. The van der Waals surface area contributed by atoms with Gasteiger partial charge in [-0.1, -0.05) is 12.1 Å². The van der Waals surface area contributed by atoms with Gasteiger partial charge >= 0.3 is 5.97 Å². The van der Waals surface area contributed by atoms with Crippen LogP contribution in [-0.2, 0) is 9.59 Å². The Morgan fingerprint density at radius 2 is 1.81 bits per heavy atom. The third kappa shape index (κ3) is 5.44. The molecule has 138 valence electrons. The molecule has 8 heteroatoms. The van der Waals surface area contributed by atoms with Crippen molar-refractivity contribution >= 4 is 23.5 Å². The highest BCUT2D eigenvalue weighted by Gasteiger charge is 2.12. The van der Waals surface area contributed by atoms with Crippen molar-refractivity contribution in [3.05, 3.63) is 42.2 Å². The summed E-state index contributed by atoms with van der Waals surface area (Å²) in [6.45, 7) is 3.76. The number of benzene rings is 1. The highest BCUT2D eigenvalue weighted by molar-refractivity contribution is 5.93. The molecule has 26 heavy (non-hydrogen) atoms. The summed E-state index contributed by atoms with van der Waals surface area (Å²) in [6.07, 6.45) is 2.45. The van der Waals surface area contributed by atoms with E-state index in [2.05, 4.69) is 15.7 Å². The number of carboxylic acid groups (broad SMARTS) is 1. The molecule has 0 spiro atoms. The van der Waals surface area contributed by atoms with Crippen LogP contribution in [0.1, 0.15) is 43.6 Å². The van der Waals surface area contributed by atoms with E-state index in [0.29, 0.717) is 17.8 Å². The van der Waals surface area contributed by atoms with Crippen molar-refractivity contribution in [1.82, 2.24) is 15.1 Å². The standard InChI is InChI=1S/C18H22N4O4/c1-12(2)19-16(23)8-5-9-17(24)20-13-6-3-4-7-15(13)22-11-10-14(21-22)18(25)26/h3-4,6-7,10-12H,5,8-9H2,1-2H3,(H,19,23)(H,20,24)(H,25,26). The molecule has 0 fully saturated rings. The van der Waals surface area contributed by atoms with Gasteiger partial charge in [-0.15, -0.1) is 0 Å². The van der Waals surface area contributed by atoms with Crippen LogP contribution in [0, 0.1) is 0 Å². The minimum Gasteiger partial charge on any atom is -0.476 e. The molecule has 2 amide bonds. The van der Waals surface area contributed by atoms with Crippen molar-refractivity contribution in [2.24, 2.45) is 0 Å². The average molecular weight is 358 g/mol. The maximum absolute atomic E-state index is 12.1. The highest BCUT2D eigenvalue weighted by Crippen LogP contribution is 2.20. The van der Waals surface area contributed by atoms with Gasteiger partial charge in [0.2, 0.25) is 11.8 Å². The molecule has 0 saturated carbocycles. The number of rotatable bonds is 8. The van der Waals surface area contributed by atoms with Crippen molar-refractivity contribution in [1.29, 1.82) is 0 Å². The molecule has 0 radical (unpaired) electrons. The van der Waals surface area contributed by atoms with E-state index in [1.54, 1.807) is 24.3 Å². The molecule has 3 N–H and O–H groups in total. The largest absolute Gasteiger partial charge is 0.476 e. The Hall–Kier alpha value is -3.16. The van der Waals surface area contributed by atoms with E-state index in [9.17, 15) is 14.4 Å². The monoisotopic (exact) mass is 358 g/mol. The first-order valence-corrected chi connectivity index (χ1v) is 8.34. The summed E-state index contributed by atoms with van der Waals surface area (Å²) in [6, 6.07) is 8.42. The van der Waals surface area contributed by atoms with E-state index in [1.165, 1.54) is 16.9 Å². The van der Waals surface area contributed by atoms with E-state index < -0.39 is 5.97 Å². The molecule has 0 aliphatic heterocycles. The summed E-state index contributed by atoms with van der Waals surface area (Å²) in [4.78, 5) is 34.7. The van der Waals surface area contributed by atoms with Crippen LogP contribution in [0.5, 0.6) is 0 Å². The van der Waals surface area contributed by atoms with E-state index >= 15 is 0 Å². The SMILES string of the molecule is CC(C)NC(=O)CCCC(=O)Nc1ccccc1-n1ccc(C(=O)O)n1. The zero-order valence-corrected chi connectivity index (χ0v) is 14.7. The van der Waals surface area contributed by atoms with Gasteiger partial charge in [0.1, 0.15) is 0 Å². The maximum Gasteiger partial charge on any atom is 0.356 e. The Bertz CT molecular complexity index is 798. The second-order valence-electron chi connectivity index (χ2n) is 6.09. The fourth-order valence-electron chi connectivity index (χ4n) is 2.37. The highest BCUT2D eigenvalue weighted by atomic mass is 16.4. The summed E-state index contributed by atoms with van der Waals surface area (Å²) in [5.74, 6) is -1.42. The number of nitrogens with zero attached hydrogens (tertiary/aromatic N) is 2. The molecule has 0 aliphatic carbocycles. The number of aromatic nitrogens is 2. The Balaban J connectivity index is 1.98. The summed E-state index contributed by atoms with van der Waals surface area (Å²) in [5.41, 5.74) is 0.998. The van der Waals surface area contributed by atoms with Crippen LogP contribution < -0.4 is 10.6 Å². The number of hydrogen-bond donors (Lipinski definition) is 3. The molecule has 0 atom stereocenters. The third-order valence-electron chi connectivity index (χ3n) is 3.49. The van der Waals surface area contributed by atoms with Crippen LogP contribution in [0.2, 0.25) is 0 Å². The molecule has 1 aromatic heterocycles. The van der Waals surface area contributed by atoms with E-state index in [-0.39, 0.29) is 36.4 Å². The number of carbonyl (C=O) groups excluding carboxylic acids is 2. The number of aromatic carboxylic acids is 1. The third-order valence-corrected chi connectivity index (χ3v) is 3.49. The van der Waals surface area contributed by atoms with Crippen molar-refractivity contribution in [3.63, 3.8) is 0 Å². The van der Waals surface area contributed by atoms with Crippen LogP contribution in [0.15, 0.2) is 36.5 Å². The summed E-state index contributed by atoms with van der Waals surface area (Å²) < 4.78 is 1.40. The maximum atomic E-state index is 12.1. The number of para-hydroxylation sites is 2. The minimum absolute atomic E-state index is 0.0768. The fourth-order valence-corrected chi connectivity index (χ4v) is 2.37. The Kier molecular flexibility index (Phi) is 6.48. The van der Waals surface area contributed by atoms with Crippen molar-refractivity contribution in [2.45, 2.75) is 39.2 Å². The normalized spacial score (nSPS) is 10.6. The lowest BCUT2D eigenvalue weighted by molar-refractivity contribution is -0.121. The molecule has 0 saturated heterocycles. The van der Waals surface area contributed by atoms with Gasteiger partial charge in [-0.2, -0.15) is 5.10 Å². The molecule has 1 aromatic carbocycles. The quantitative estimate of drug-likeness (QED) is 0.669. The zero-order chi connectivity index (χ0) is 19.1. The predicted molar refractivity (Wildman–Crippen MR) is 96.3 cm³/mol. The fraction of sp³-hybridized carbons (Fsp3) is 0.333. The molecular formula is C18H22N4O4. The molecule has 0 unspecified atom stereocenters. The molecular weight excluding hydrogens is 336 g/mol. The first-order valence-electron chi connectivity index (χ1n) is 8.34. The second-order valence-corrected chi connectivity index (χ2v) is 6.09. The molecule has 2 rings (SSSR count). The van der Waals surface area contributed by atoms with Gasteiger partial charge in [-0.3, -0.25) is 9.59 Å². The van der Waals surface area contributed by atoms with Gasteiger partial charge in [-0.05, 0) is 38.5 Å². The van der Waals surface area contributed by atoms with Gasteiger partial charge in [-0.25, -0.2) is 9.48 Å². The number of nitrogens with one attached hydrogen (secondary N) is 2. The smallest absolute Gasteiger partial charge is 0.356 e. The van der Waals surface area contributed by atoms with E-state index in [1.807, 2.05) is 13.8 Å². The second kappa shape index (κ2) is 8.80. The lowest BCUT2D eigenvalue weighted by Gasteiger charge is -2.11. The first-order chi connectivity index (χ1) is 12.4. The molecule has 0 bridgehead atoms. The average Bonchev–Trinajstić information content (AvgIpc) is 3.04. The number of amides is 2. The van der Waals surface area contributed by atoms with Crippen LogP contribution in [0.3, 0.4) is 0 Å². The summed E-state index contributed by atoms with van der Waals surface area (Å²) in [5, 5.41) is 18.5. The lowest BCUT2D eigenvalue weighted by Crippen LogP contribution is -2.30. The summed E-state index contributed by atoms with van der Waals surface area (Å²) in [7, 11) is 0. The van der Waals surface area contributed by atoms with Gasteiger partial charge in [0.05, 0.1) is 11.4 Å². The number of anilines is 1. The zero-order valence-electron chi connectivity index (χ0n) is 14.7. The van der Waals surface area contributed by atoms with Crippen LogP contribution in [0.4, 0.5) is 5.69 Å². The lowest BCUT2D eigenvalue weighted by atomic mass is 10.2. The Morgan fingerprint density at radius 1 is 1.12 bits per heavy atom. The Labute approximate surface area is 151 Å². The number of carboxylic acids is 1. The topological polar surface area (TPSA) is 113 Å². The Morgan fingerprint density at radius 3 is 2.46 bits per heavy atom. The van der Waals surface area contributed by atoms with Crippen molar-refractivity contribution in [2.75, 3.05) is 5.32 Å². The van der Waals surface area contributed by atoms with Gasteiger partial charge < -0.3 is 15.7 Å². The van der Waals surface area contributed by atoms with E-state index in [4.69, 9.17) is 5.11 Å². The minimum atomic E-state index is -1.12. The van der Waals surface area contributed by atoms with Crippen molar-refractivity contribution < 1.29 is 19.5 Å². The predicted octanol–water partition coefficient (Wildman–Crippen LogP) is 2.20. The van der Waals surface area contributed by atoms with Gasteiger partial charge in [0, 0.05) is 25.1 Å². The molecule has 8 nitrogen and oxygen atoms in total. The van der Waals surface area contributed by atoms with Gasteiger partial charge in [0.25, 0.3) is 0 Å². The van der Waals surface area contributed by atoms with E-state index in [0.717, 1.165) is 0 Å². The molecule has 1 heterocycles. The first kappa shape index (κ1) is 19.2. The molecule has 0 aliphatic rings. The molecule has 2 aromatic rings.